The summed E-state index contributed by atoms with van der Waals surface area (Å²) >= 11 is 0. The molecule has 1 N–H and O–H groups in total. The quantitative estimate of drug-likeness (QED) is 0.0305. The predicted molar refractivity (Wildman–Crippen MR) is 215 cm³/mol. The zero-order valence-electron chi connectivity index (χ0n) is 33.5. The zero-order valence-corrected chi connectivity index (χ0v) is 33.5. The van der Waals surface area contributed by atoms with E-state index in [1.54, 1.807) is 6.08 Å². The minimum absolute atomic E-state index is 0.0152. The molecule has 8 heteroatoms. The van der Waals surface area contributed by atoms with Gasteiger partial charge in [0.1, 0.15) is 6.61 Å². The first-order valence-electron chi connectivity index (χ1n) is 20.0. The number of esters is 2. The molecule has 296 valence electrons. The van der Waals surface area contributed by atoms with Crippen LogP contribution in [0.3, 0.4) is 0 Å². The van der Waals surface area contributed by atoms with Crippen molar-refractivity contribution in [3.8, 4) is 0 Å². The number of quaternary nitrogens is 1. The maximum atomic E-state index is 12.6. The number of rotatable bonds is 34. The first-order valence-corrected chi connectivity index (χ1v) is 20.0. The maximum absolute atomic E-state index is 12.6. The average Bonchev–Trinajstić information content (AvgIpc) is 3.09. The van der Waals surface area contributed by atoms with E-state index in [1.807, 2.05) is 27.2 Å². The number of aliphatic carboxylic acids is 1. The van der Waals surface area contributed by atoms with E-state index in [-0.39, 0.29) is 36.7 Å². The molecule has 52 heavy (non-hydrogen) atoms. The molecule has 0 aromatic heterocycles. The molecule has 0 radical (unpaired) electrons. The Morgan fingerprint density at radius 3 is 1.67 bits per heavy atom. The molecule has 0 rings (SSSR count). The van der Waals surface area contributed by atoms with Crippen molar-refractivity contribution in [3.63, 3.8) is 0 Å². The Kier molecular flexibility index (Phi) is 32.7. The van der Waals surface area contributed by atoms with E-state index in [4.69, 9.17) is 14.2 Å². The van der Waals surface area contributed by atoms with Crippen LogP contribution < -0.4 is 0 Å². The van der Waals surface area contributed by atoms with Crippen molar-refractivity contribution >= 4 is 17.9 Å². The van der Waals surface area contributed by atoms with Gasteiger partial charge in [0.15, 0.2) is 12.1 Å². The van der Waals surface area contributed by atoms with E-state index in [9.17, 15) is 19.5 Å². The molecule has 2 atom stereocenters. The lowest BCUT2D eigenvalue weighted by molar-refractivity contribution is -0.887. The van der Waals surface area contributed by atoms with Crippen molar-refractivity contribution in [3.05, 3.63) is 72.9 Å². The Labute approximate surface area is 317 Å². The number of likely N-dealkylation sites (N-methyl/N-ethyl adjacent to an activating group) is 1. The van der Waals surface area contributed by atoms with E-state index in [1.165, 1.54) is 38.5 Å². The Morgan fingerprint density at radius 2 is 1.13 bits per heavy atom. The van der Waals surface area contributed by atoms with Gasteiger partial charge in [-0.3, -0.25) is 9.59 Å². The highest BCUT2D eigenvalue weighted by atomic mass is 16.6. The fourth-order valence-electron chi connectivity index (χ4n) is 5.28. The third kappa shape index (κ3) is 32.7. The Hall–Kier alpha value is -3.23. The molecule has 8 nitrogen and oxygen atoms in total. The van der Waals surface area contributed by atoms with Crippen molar-refractivity contribution in [1.29, 1.82) is 0 Å². The smallest absolute Gasteiger partial charge is 0.362 e. The molecular weight excluding hydrogens is 654 g/mol. The van der Waals surface area contributed by atoms with Gasteiger partial charge in [0.25, 0.3) is 0 Å². The summed E-state index contributed by atoms with van der Waals surface area (Å²) in [6.07, 6.45) is 42.6. The molecule has 0 bridgehead atoms. The molecule has 0 amide bonds. The summed E-state index contributed by atoms with van der Waals surface area (Å²) in [7, 11) is 5.48. The van der Waals surface area contributed by atoms with Gasteiger partial charge >= 0.3 is 17.9 Å². The van der Waals surface area contributed by atoms with Gasteiger partial charge < -0.3 is 23.8 Å². The number of hydrogen-bond donors (Lipinski definition) is 1. The van der Waals surface area contributed by atoms with Crippen LogP contribution in [0.15, 0.2) is 72.9 Å². The molecule has 0 saturated carbocycles. The van der Waals surface area contributed by atoms with Gasteiger partial charge in [-0.15, -0.1) is 0 Å². The Balaban J connectivity index is 4.58. The third-order valence-corrected chi connectivity index (χ3v) is 8.37. The second kappa shape index (κ2) is 34.8. The van der Waals surface area contributed by atoms with Gasteiger partial charge in [-0.2, -0.15) is 0 Å². The number of carbonyl (C=O) groups is 3. The number of ether oxygens (including phenoxy) is 3. The van der Waals surface area contributed by atoms with Crippen LogP contribution in [-0.2, 0) is 28.6 Å². The third-order valence-electron chi connectivity index (χ3n) is 8.37. The zero-order chi connectivity index (χ0) is 38.5. The number of nitrogens with zero attached hydrogens (tertiary/aromatic N) is 1. The van der Waals surface area contributed by atoms with Crippen LogP contribution >= 0.6 is 0 Å². The topological polar surface area (TPSA) is 99.1 Å². The maximum Gasteiger partial charge on any atom is 0.362 e. The van der Waals surface area contributed by atoms with Crippen molar-refractivity contribution in [1.82, 2.24) is 0 Å². The van der Waals surface area contributed by atoms with Crippen molar-refractivity contribution in [2.24, 2.45) is 0 Å². The Bertz CT molecular complexity index is 1080. The molecule has 0 aliphatic carbocycles. The largest absolute Gasteiger partial charge is 0.477 e. The summed E-state index contributed by atoms with van der Waals surface area (Å²) in [6, 6.07) is -0.633. The number of unbranched alkanes of at least 4 members (excludes halogenated alkanes) is 9. The number of carboxylic acids is 1. The molecule has 0 heterocycles. The summed E-state index contributed by atoms with van der Waals surface area (Å²) < 4.78 is 17.1. The van der Waals surface area contributed by atoms with E-state index in [2.05, 4.69) is 74.6 Å². The van der Waals surface area contributed by atoms with Crippen LogP contribution in [0.5, 0.6) is 0 Å². The number of carboxylic acid groups (broad SMARTS) is 1. The minimum atomic E-state index is -0.893. The minimum Gasteiger partial charge on any atom is -0.477 e. The van der Waals surface area contributed by atoms with Crippen LogP contribution in [0.1, 0.15) is 136 Å². The van der Waals surface area contributed by atoms with Crippen LogP contribution in [0.2, 0.25) is 0 Å². The molecule has 0 aliphatic heterocycles. The monoisotopic (exact) mass is 729 g/mol. The predicted octanol–water partition coefficient (Wildman–Crippen LogP) is 10.4. The van der Waals surface area contributed by atoms with Crippen molar-refractivity contribution in [2.75, 3.05) is 41.0 Å². The summed E-state index contributed by atoms with van der Waals surface area (Å²) in [5.74, 6) is -1.65. The average molecular weight is 729 g/mol. The lowest BCUT2D eigenvalue weighted by Gasteiger charge is -2.31. The summed E-state index contributed by atoms with van der Waals surface area (Å²) in [4.78, 5) is 36.8. The summed E-state index contributed by atoms with van der Waals surface area (Å²) in [6.45, 7) is 4.46. The van der Waals surface area contributed by atoms with Crippen LogP contribution in [0, 0.1) is 0 Å². The molecule has 0 aliphatic rings. The lowest BCUT2D eigenvalue weighted by atomic mass is 10.1. The molecule has 0 spiro atoms. The molecular formula is C44H74NO7+. The summed E-state index contributed by atoms with van der Waals surface area (Å²) in [5, 5.41) is 9.59. The molecule has 2 unspecified atom stereocenters. The van der Waals surface area contributed by atoms with E-state index in [0.29, 0.717) is 19.3 Å². The van der Waals surface area contributed by atoms with E-state index >= 15 is 0 Å². The fourth-order valence-corrected chi connectivity index (χ4v) is 5.28. The highest BCUT2D eigenvalue weighted by molar-refractivity contribution is 5.72. The lowest BCUT2D eigenvalue weighted by Crippen LogP contribution is -2.50. The molecule has 0 aromatic carbocycles. The SMILES string of the molecule is CC/C=C\C/C=C\C/C=C\C/C=C\C/C=C\CC(=O)OC(COCCC(C(=O)O)[N+](C)(C)C)COC(=O)CCCCCCC/C=C\CCCCCC. The standard InChI is InChI=1S/C44H73NO7/c1-6-8-10-12-14-16-18-20-21-23-25-27-29-31-33-35-43(47)52-40(38-50-37-36-41(44(48)49)45(3,4)5)39-51-42(46)34-32-30-28-26-24-22-19-17-15-13-11-9-7-2/h8,10,14,16-17,19-21,25,27,31,33,40-41H,6-7,9,11-13,15,18,22-24,26,28-30,32,34-39H2,1-5H3/p+1/b10-8-,16-14-,19-17-,21-20-,27-25-,33-31-. The van der Waals surface area contributed by atoms with Gasteiger partial charge in [0, 0.05) is 12.8 Å². The second-order valence-corrected chi connectivity index (χ2v) is 14.2. The van der Waals surface area contributed by atoms with Gasteiger partial charge in [0.2, 0.25) is 0 Å². The number of allylic oxidation sites excluding steroid dienone is 11. The van der Waals surface area contributed by atoms with Crippen LogP contribution in [0.25, 0.3) is 0 Å². The Morgan fingerprint density at radius 1 is 0.615 bits per heavy atom. The van der Waals surface area contributed by atoms with Crippen molar-refractivity contribution < 1.29 is 38.2 Å². The van der Waals surface area contributed by atoms with E-state index < -0.39 is 24.1 Å². The number of hydrogen-bond acceptors (Lipinski definition) is 6. The molecule has 0 aromatic rings. The normalized spacial score (nSPS) is 13.8. The molecule has 0 fully saturated rings. The van der Waals surface area contributed by atoms with Gasteiger partial charge in [-0.1, -0.05) is 125 Å². The first kappa shape index (κ1) is 48.8. The first-order chi connectivity index (χ1) is 25.1. The van der Waals surface area contributed by atoms with E-state index in [0.717, 1.165) is 57.8 Å². The molecule has 0 saturated heterocycles. The van der Waals surface area contributed by atoms with Crippen molar-refractivity contribution in [2.45, 2.75) is 148 Å². The van der Waals surface area contributed by atoms with Crippen LogP contribution in [0.4, 0.5) is 0 Å². The highest BCUT2D eigenvalue weighted by Crippen LogP contribution is 2.11. The number of carbonyl (C=O) groups excluding carboxylic acids is 2. The van der Waals surface area contributed by atoms with Gasteiger partial charge in [0.05, 0.1) is 40.8 Å². The van der Waals surface area contributed by atoms with Crippen LogP contribution in [-0.4, -0.2) is 80.6 Å². The summed E-state index contributed by atoms with van der Waals surface area (Å²) in [5.41, 5.74) is 0. The second-order valence-electron chi connectivity index (χ2n) is 14.2. The van der Waals surface area contributed by atoms with Gasteiger partial charge in [-0.05, 0) is 64.2 Å². The van der Waals surface area contributed by atoms with Gasteiger partial charge in [-0.25, -0.2) is 4.79 Å². The highest BCUT2D eigenvalue weighted by Gasteiger charge is 2.31. The fraction of sp³-hybridized carbons (Fsp3) is 0.659.